The van der Waals surface area contributed by atoms with Gasteiger partial charge >= 0.3 is 0 Å². The molecule has 0 bridgehead atoms. The van der Waals surface area contributed by atoms with Crippen molar-refractivity contribution in [2.45, 2.75) is 42.6 Å². The average molecular weight is 204 g/mol. The van der Waals surface area contributed by atoms with Gasteiger partial charge in [-0.2, -0.15) is 0 Å². The molecule has 13 heavy (non-hydrogen) atoms. The van der Waals surface area contributed by atoms with Crippen molar-refractivity contribution in [3.63, 3.8) is 0 Å². The van der Waals surface area contributed by atoms with Crippen LogP contribution in [0.3, 0.4) is 0 Å². The summed E-state index contributed by atoms with van der Waals surface area (Å²) in [4.78, 5) is 0. The molecule has 1 heterocycles. The van der Waals surface area contributed by atoms with Crippen molar-refractivity contribution in [2.24, 2.45) is 0 Å². The molecule has 76 valence electrons. The number of sulfone groups is 1. The standard InChI is InChI=1S/C9H16O3S/c10-13(11,8-2-1-3-8)9-4-6-12-7-5-9/h8-9H,1-7H2. The van der Waals surface area contributed by atoms with Crippen LogP contribution in [0.5, 0.6) is 0 Å². The van der Waals surface area contributed by atoms with E-state index in [4.69, 9.17) is 4.74 Å². The Morgan fingerprint density at radius 3 is 1.92 bits per heavy atom. The van der Waals surface area contributed by atoms with Gasteiger partial charge in [-0.15, -0.1) is 0 Å². The van der Waals surface area contributed by atoms with Crippen LogP contribution >= 0.6 is 0 Å². The van der Waals surface area contributed by atoms with Gasteiger partial charge in [-0.25, -0.2) is 8.42 Å². The van der Waals surface area contributed by atoms with E-state index in [0.717, 1.165) is 19.3 Å². The lowest BCUT2D eigenvalue weighted by atomic mass is 10.00. The van der Waals surface area contributed by atoms with Gasteiger partial charge < -0.3 is 4.74 Å². The van der Waals surface area contributed by atoms with Crippen molar-refractivity contribution in [3.05, 3.63) is 0 Å². The molecular weight excluding hydrogens is 188 g/mol. The lowest BCUT2D eigenvalue weighted by Crippen LogP contribution is -2.39. The molecule has 1 saturated heterocycles. The first-order valence-electron chi connectivity index (χ1n) is 5.02. The Kier molecular flexibility index (Phi) is 2.60. The van der Waals surface area contributed by atoms with E-state index in [0.29, 0.717) is 26.1 Å². The Morgan fingerprint density at radius 1 is 0.923 bits per heavy atom. The van der Waals surface area contributed by atoms with Gasteiger partial charge in [0.05, 0.1) is 10.5 Å². The van der Waals surface area contributed by atoms with Gasteiger partial charge in [0.2, 0.25) is 0 Å². The summed E-state index contributed by atoms with van der Waals surface area (Å²) in [7, 11) is -2.81. The summed E-state index contributed by atoms with van der Waals surface area (Å²) in [5, 5.41) is -0.123. The molecule has 0 unspecified atom stereocenters. The first-order valence-corrected chi connectivity index (χ1v) is 6.62. The average Bonchev–Trinajstić information content (AvgIpc) is 2.02. The zero-order chi connectivity index (χ0) is 9.31. The number of ether oxygens (including phenoxy) is 1. The number of hydrogen-bond donors (Lipinski definition) is 0. The van der Waals surface area contributed by atoms with Gasteiger partial charge in [0.15, 0.2) is 9.84 Å². The monoisotopic (exact) mass is 204 g/mol. The molecule has 1 saturated carbocycles. The second-order valence-corrected chi connectivity index (χ2v) is 6.47. The molecule has 0 atom stereocenters. The van der Waals surface area contributed by atoms with Crippen LogP contribution in [0, 0.1) is 0 Å². The van der Waals surface area contributed by atoms with Crippen molar-refractivity contribution in [3.8, 4) is 0 Å². The summed E-state index contributed by atoms with van der Waals surface area (Å²) < 4.78 is 29.0. The highest BCUT2D eigenvalue weighted by molar-refractivity contribution is 7.92. The third-order valence-electron chi connectivity index (χ3n) is 3.15. The van der Waals surface area contributed by atoms with Crippen molar-refractivity contribution < 1.29 is 13.2 Å². The van der Waals surface area contributed by atoms with Crippen molar-refractivity contribution >= 4 is 9.84 Å². The van der Waals surface area contributed by atoms with E-state index in [-0.39, 0.29) is 10.5 Å². The maximum absolute atomic E-state index is 11.9. The first kappa shape index (κ1) is 9.46. The van der Waals surface area contributed by atoms with Gasteiger partial charge in [-0.05, 0) is 25.7 Å². The predicted octanol–water partition coefficient (Wildman–Crippen LogP) is 1.13. The lowest BCUT2D eigenvalue weighted by molar-refractivity contribution is 0.0980. The van der Waals surface area contributed by atoms with Gasteiger partial charge in [0.25, 0.3) is 0 Å². The molecule has 2 rings (SSSR count). The smallest absolute Gasteiger partial charge is 0.156 e. The summed E-state index contributed by atoms with van der Waals surface area (Å²) in [6.45, 7) is 1.24. The zero-order valence-corrected chi connectivity index (χ0v) is 8.55. The third-order valence-corrected chi connectivity index (χ3v) is 5.95. The van der Waals surface area contributed by atoms with Gasteiger partial charge in [-0.1, -0.05) is 6.42 Å². The van der Waals surface area contributed by atoms with E-state index in [2.05, 4.69) is 0 Å². The molecule has 0 spiro atoms. The summed E-state index contributed by atoms with van der Waals surface area (Å²) >= 11 is 0. The maximum Gasteiger partial charge on any atom is 0.156 e. The Balaban J connectivity index is 2.03. The Bertz CT molecular complexity index is 261. The number of hydrogen-bond acceptors (Lipinski definition) is 3. The van der Waals surface area contributed by atoms with Crippen LogP contribution < -0.4 is 0 Å². The van der Waals surface area contributed by atoms with Crippen LogP contribution in [-0.4, -0.2) is 32.1 Å². The molecule has 0 amide bonds. The molecule has 2 fully saturated rings. The van der Waals surface area contributed by atoms with E-state index in [1.807, 2.05) is 0 Å². The summed E-state index contributed by atoms with van der Waals surface area (Å²) in [6, 6.07) is 0. The van der Waals surface area contributed by atoms with Crippen molar-refractivity contribution in [2.75, 3.05) is 13.2 Å². The number of rotatable bonds is 2. The Morgan fingerprint density at radius 2 is 1.46 bits per heavy atom. The summed E-state index contributed by atoms with van der Waals surface area (Å²) in [5.41, 5.74) is 0. The SMILES string of the molecule is O=S(=O)(C1CCC1)C1CCOCC1. The third kappa shape index (κ3) is 1.74. The van der Waals surface area contributed by atoms with Crippen LogP contribution in [0.25, 0.3) is 0 Å². The predicted molar refractivity (Wildman–Crippen MR) is 50.4 cm³/mol. The summed E-state index contributed by atoms with van der Waals surface area (Å²) in [6.07, 6.45) is 4.28. The minimum atomic E-state index is -2.81. The van der Waals surface area contributed by atoms with Crippen LogP contribution in [0.1, 0.15) is 32.1 Å². The molecule has 0 aromatic rings. The quantitative estimate of drug-likeness (QED) is 0.677. The summed E-state index contributed by atoms with van der Waals surface area (Å²) in [5.74, 6) is 0. The fourth-order valence-electron chi connectivity index (χ4n) is 1.98. The van der Waals surface area contributed by atoms with Gasteiger partial charge in [0, 0.05) is 13.2 Å². The highest BCUT2D eigenvalue weighted by Crippen LogP contribution is 2.31. The second-order valence-electron chi connectivity index (χ2n) is 3.95. The van der Waals surface area contributed by atoms with E-state index in [1.165, 1.54) is 0 Å². The normalized spacial score (nSPS) is 27.1. The molecule has 2 aliphatic rings. The van der Waals surface area contributed by atoms with Crippen molar-refractivity contribution in [1.82, 2.24) is 0 Å². The molecule has 0 aromatic heterocycles. The molecule has 0 N–H and O–H groups in total. The highest BCUT2D eigenvalue weighted by atomic mass is 32.2. The van der Waals surface area contributed by atoms with Crippen LogP contribution in [0.4, 0.5) is 0 Å². The molecule has 3 nitrogen and oxygen atoms in total. The topological polar surface area (TPSA) is 43.4 Å². The minimum absolute atomic E-state index is 0.0180. The van der Waals surface area contributed by atoms with E-state index in [9.17, 15) is 8.42 Å². The minimum Gasteiger partial charge on any atom is -0.381 e. The van der Waals surface area contributed by atoms with E-state index in [1.54, 1.807) is 0 Å². The largest absolute Gasteiger partial charge is 0.381 e. The second kappa shape index (κ2) is 3.58. The fraction of sp³-hybridized carbons (Fsp3) is 1.00. The molecule has 0 radical (unpaired) electrons. The van der Waals surface area contributed by atoms with E-state index < -0.39 is 9.84 Å². The van der Waals surface area contributed by atoms with E-state index >= 15 is 0 Å². The van der Waals surface area contributed by atoms with Gasteiger partial charge in [0.1, 0.15) is 0 Å². The Labute approximate surface area is 79.4 Å². The molecule has 1 aliphatic heterocycles. The van der Waals surface area contributed by atoms with Crippen LogP contribution in [-0.2, 0) is 14.6 Å². The zero-order valence-electron chi connectivity index (χ0n) is 7.74. The first-order chi connectivity index (χ1) is 6.21. The molecule has 0 aromatic carbocycles. The van der Waals surface area contributed by atoms with Gasteiger partial charge in [-0.3, -0.25) is 0 Å². The van der Waals surface area contributed by atoms with Crippen molar-refractivity contribution in [1.29, 1.82) is 0 Å². The molecule has 1 aliphatic carbocycles. The fourth-order valence-corrected chi connectivity index (χ4v) is 4.36. The van der Waals surface area contributed by atoms with Crippen LogP contribution in [0.15, 0.2) is 0 Å². The highest BCUT2D eigenvalue weighted by Gasteiger charge is 2.37. The molecular formula is C9H16O3S. The molecule has 4 heteroatoms. The lowest BCUT2D eigenvalue weighted by Gasteiger charge is -2.31. The van der Waals surface area contributed by atoms with Crippen LogP contribution in [0.2, 0.25) is 0 Å². The maximum atomic E-state index is 11.9. The Hall–Kier alpha value is -0.0900.